The molecular formula is C19H25NO. The summed E-state index contributed by atoms with van der Waals surface area (Å²) < 4.78 is 0. The van der Waals surface area contributed by atoms with Gasteiger partial charge in [-0.2, -0.15) is 0 Å². The smallest absolute Gasteiger partial charge is 0.0526 e. The lowest BCUT2D eigenvalue weighted by Crippen LogP contribution is -2.31. The summed E-state index contributed by atoms with van der Waals surface area (Å²) in [7, 11) is 0. The van der Waals surface area contributed by atoms with Crippen LogP contribution in [0.5, 0.6) is 0 Å². The van der Waals surface area contributed by atoms with Gasteiger partial charge in [-0.05, 0) is 43.9 Å². The number of hydrogen-bond acceptors (Lipinski definition) is 2. The van der Waals surface area contributed by atoms with Crippen molar-refractivity contribution >= 4 is 0 Å². The summed E-state index contributed by atoms with van der Waals surface area (Å²) in [6, 6.07) is 19.7. The highest BCUT2D eigenvalue weighted by atomic mass is 16.3. The van der Waals surface area contributed by atoms with E-state index in [1.165, 1.54) is 16.7 Å². The third kappa shape index (κ3) is 4.69. The first-order valence-electron chi connectivity index (χ1n) is 7.65. The molecule has 0 bridgehead atoms. The molecule has 112 valence electrons. The molecular weight excluding hydrogens is 258 g/mol. The van der Waals surface area contributed by atoms with Crippen LogP contribution in [0, 0.1) is 0 Å². The molecule has 0 aliphatic heterocycles. The van der Waals surface area contributed by atoms with E-state index in [0.717, 1.165) is 6.42 Å². The van der Waals surface area contributed by atoms with Crippen LogP contribution in [0.15, 0.2) is 54.6 Å². The molecule has 21 heavy (non-hydrogen) atoms. The molecule has 2 aromatic rings. The molecule has 0 heterocycles. The van der Waals surface area contributed by atoms with Crippen molar-refractivity contribution in [2.45, 2.75) is 45.4 Å². The highest BCUT2D eigenvalue weighted by molar-refractivity contribution is 5.63. The second kappa shape index (κ2) is 7.39. The molecule has 3 unspecified atom stereocenters. The van der Waals surface area contributed by atoms with Crippen LogP contribution in [-0.4, -0.2) is 17.3 Å². The van der Waals surface area contributed by atoms with Crippen LogP contribution in [-0.2, 0) is 0 Å². The first kappa shape index (κ1) is 15.7. The van der Waals surface area contributed by atoms with Gasteiger partial charge in [0.15, 0.2) is 0 Å². The van der Waals surface area contributed by atoms with Crippen molar-refractivity contribution < 1.29 is 5.11 Å². The second-order valence-electron chi connectivity index (χ2n) is 5.86. The Kier molecular flexibility index (Phi) is 5.54. The topological polar surface area (TPSA) is 32.3 Å². The van der Waals surface area contributed by atoms with Crippen LogP contribution in [0.1, 0.15) is 38.8 Å². The van der Waals surface area contributed by atoms with Crippen LogP contribution >= 0.6 is 0 Å². The molecule has 0 aliphatic rings. The lowest BCUT2D eigenvalue weighted by atomic mass is 10.0. The lowest BCUT2D eigenvalue weighted by Gasteiger charge is -2.21. The minimum atomic E-state index is -0.264. The van der Waals surface area contributed by atoms with Crippen molar-refractivity contribution in [3.05, 3.63) is 60.2 Å². The number of hydrogen-bond donors (Lipinski definition) is 2. The van der Waals surface area contributed by atoms with Crippen molar-refractivity contribution in [3.8, 4) is 11.1 Å². The van der Waals surface area contributed by atoms with Crippen molar-refractivity contribution in [2.24, 2.45) is 0 Å². The van der Waals surface area contributed by atoms with Gasteiger partial charge in [-0.25, -0.2) is 0 Å². The van der Waals surface area contributed by atoms with Gasteiger partial charge in [-0.15, -0.1) is 0 Å². The highest BCUT2D eigenvalue weighted by Crippen LogP contribution is 2.22. The van der Waals surface area contributed by atoms with E-state index < -0.39 is 0 Å². The summed E-state index contributed by atoms with van der Waals surface area (Å²) in [5.41, 5.74) is 3.75. The predicted octanol–water partition coefficient (Wildman–Crippen LogP) is 4.16. The molecule has 0 saturated carbocycles. The summed E-state index contributed by atoms with van der Waals surface area (Å²) in [4.78, 5) is 0. The van der Waals surface area contributed by atoms with Gasteiger partial charge < -0.3 is 10.4 Å². The van der Waals surface area contributed by atoms with Crippen molar-refractivity contribution in [2.75, 3.05) is 0 Å². The normalized spacial score (nSPS) is 15.4. The first-order chi connectivity index (χ1) is 10.1. The van der Waals surface area contributed by atoms with E-state index in [1.54, 1.807) is 0 Å². The predicted molar refractivity (Wildman–Crippen MR) is 89.2 cm³/mol. The lowest BCUT2D eigenvalue weighted by molar-refractivity contribution is 0.168. The van der Waals surface area contributed by atoms with Gasteiger partial charge in [0.1, 0.15) is 0 Å². The standard InChI is InChI=1S/C19H25NO/c1-14(13-15(2)21)20-16(3)17-9-11-19(12-10-17)18-7-5-4-6-8-18/h4-12,14-16,20-21H,13H2,1-3H3. The zero-order valence-electron chi connectivity index (χ0n) is 13.1. The number of benzene rings is 2. The van der Waals surface area contributed by atoms with Gasteiger partial charge in [0, 0.05) is 12.1 Å². The molecule has 0 saturated heterocycles. The van der Waals surface area contributed by atoms with Gasteiger partial charge in [-0.3, -0.25) is 0 Å². The van der Waals surface area contributed by atoms with E-state index in [9.17, 15) is 5.11 Å². The number of aliphatic hydroxyl groups excluding tert-OH is 1. The maximum Gasteiger partial charge on any atom is 0.0526 e. The molecule has 2 rings (SSSR count). The molecule has 2 N–H and O–H groups in total. The highest BCUT2D eigenvalue weighted by Gasteiger charge is 2.11. The van der Waals surface area contributed by atoms with E-state index in [4.69, 9.17) is 0 Å². The minimum absolute atomic E-state index is 0.264. The summed E-state index contributed by atoms with van der Waals surface area (Å²) in [5.74, 6) is 0. The molecule has 2 heteroatoms. The fourth-order valence-electron chi connectivity index (χ4n) is 2.70. The van der Waals surface area contributed by atoms with Gasteiger partial charge >= 0.3 is 0 Å². The van der Waals surface area contributed by atoms with E-state index in [1.807, 2.05) is 13.0 Å². The van der Waals surface area contributed by atoms with E-state index in [-0.39, 0.29) is 12.1 Å². The second-order valence-corrected chi connectivity index (χ2v) is 5.86. The molecule has 2 nitrogen and oxygen atoms in total. The zero-order chi connectivity index (χ0) is 15.2. The number of nitrogens with one attached hydrogen (secondary N) is 1. The Labute approximate surface area is 127 Å². The molecule has 0 aromatic heterocycles. The van der Waals surface area contributed by atoms with Crippen molar-refractivity contribution in [3.63, 3.8) is 0 Å². The van der Waals surface area contributed by atoms with Crippen LogP contribution in [0.2, 0.25) is 0 Å². The van der Waals surface area contributed by atoms with Gasteiger partial charge in [0.05, 0.1) is 6.10 Å². The van der Waals surface area contributed by atoms with Gasteiger partial charge in [0.25, 0.3) is 0 Å². The molecule has 0 amide bonds. The van der Waals surface area contributed by atoms with E-state index in [0.29, 0.717) is 6.04 Å². The fourth-order valence-corrected chi connectivity index (χ4v) is 2.70. The summed E-state index contributed by atoms with van der Waals surface area (Å²) in [5, 5.41) is 13.0. The maximum absolute atomic E-state index is 9.43. The van der Waals surface area contributed by atoms with Crippen molar-refractivity contribution in [1.29, 1.82) is 0 Å². The number of rotatable bonds is 6. The van der Waals surface area contributed by atoms with Gasteiger partial charge in [0.2, 0.25) is 0 Å². The summed E-state index contributed by atoms with van der Waals surface area (Å²) >= 11 is 0. The zero-order valence-corrected chi connectivity index (χ0v) is 13.1. The molecule has 2 aromatic carbocycles. The monoisotopic (exact) mass is 283 g/mol. The van der Waals surface area contributed by atoms with Crippen LogP contribution < -0.4 is 5.32 Å². The Morgan fingerprint density at radius 1 is 0.857 bits per heavy atom. The molecule has 0 spiro atoms. The Morgan fingerprint density at radius 2 is 1.43 bits per heavy atom. The largest absolute Gasteiger partial charge is 0.393 e. The minimum Gasteiger partial charge on any atom is -0.393 e. The number of aliphatic hydroxyl groups is 1. The third-order valence-electron chi connectivity index (χ3n) is 3.75. The first-order valence-corrected chi connectivity index (χ1v) is 7.65. The van der Waals surface area contributed by atoms with Crippen LogP contribution in [0.25, 0.3) is 11.1 Å². The van der Waals surface area contributed by atoms with E-state index in [2.05, 4.69) is 67.7 Å². The summed E-state index contributed by atoms with van der Waals surface area (Å²) in [6.07, 6.45) is 0.507. The average Bonchev–Trinajstić information content (AvgIpc) is 2.47. The quantitative estimate of drug-likeness (QED) is 0.834. The average molecular weight is 283 g/mol. The Bertz CT molecular complexity index is 533. The Balaban J connectivity index is 2.02. The summed E-state index contributed by atoms with van der Waals surface area (Å²) in [6.45, 7) is 6.11. The van der Waals surface area contributed by atoms with Crippen LogP contribution in [0.3, 0.4) is 0 Å². The van der Waals surface area contributed by atoms with E-state index >= 15 is 0 Å². The fraction of sp³-hybridized carbons (Fsp3) is 0.368. The third-order valence-corrected chi connectivity index (χ3v) is 3.75. The van der Waals surface area contributed by atoms with Crippen LogP contribution in [0.4, 0.5) is 0 Å². The van der Waals surface area contributed by atoms with Gasteiger partial charge in [-0.1, -0.05) is 54.6 Å². The molecule has 0 radical (unpaired) electrons. The molecule has 3 atom stereocenters. The molecule has 0 fully saturated rings. The maximum atomic E-state index is 9.43. The Hall–Kier alpha value is -1.64. The Morgan fingerprint density at radius 3 is 2.00 bits per heavy atom. The molecule has 0 aliphatic carbocycles. The van der Waals surface area contributed by atoms with Crippen molar-refractivity contribution in [1.82, 2.24) is 5.32 Å². The SMILES string of the molecule is CC(O)CC(C)NC(C)c1ccc(-c2ccccc2)cc1.